The number of anilines is 1. The van der Waals surface area contributed by atoms with Crippen LogP contribution in [0.2, 0.25) is 0 Å². The molecule has 0 bridgehead atoms. The molecule has 0 spiro atoms. The van der Waals surface area contributed by atoms with Crippen LogP contribution in [0.25, 0.3) is 0 Å². The largest absolute Gasteiger partial charge is 0.326 e. The quantitative estimate of drug-likeness (QED) is 0.806. The first-order valence-electron chi connectivity index (χ1n) is 8.74. The predicted octanol–water partition coefficient (Wildman–Crippen LogP) is 3.52. The van der Waals surface area contributed by atoms with Gasteiger partial charge in [0.1, 0.15) is 0 Å². The molecule has 0 unspecified atom stereocenters. The van der Waals surface area contributed by atoms with Gasteiger partial charge in [0.25, 0.3) is 0 Å². The fourth-order valence-corrected chi connectivity index (χ4v) is 4.18. The summed E-state index contributed by atoms with van der Waals surface area (Å²) in [5, 5.41) is 2.81. The van der Waals surface area contributed by atoms with Crippen molar-refractivity contribution in [1.29, 1.82) is 0 Å². The number of nitrogens with one attached hydrogen (secondary N) is 1. The molecule has 0 fully saturated rings. The molecule has 140 valence electrons. The number of nitrogens with zero attached hydrogens (tertiary/aromatic N) is 1. The molecule has 26 heavy (non-hydrogen) atoms. The number of sulfonamides is 1. The average Bonchev–Trinajstić information content (AvgIpc) is 2.59. The Bertz CT molecular complexity index is 870. The molecule has 0 saturated heterocycles. The van der Waals surface area contributed by atoms with Crippen molar-refractivity contribution < 1.29 is 13.2 Å². The molecule has 0 aliphatic heterocycles. The van der Waals surface area contributed by atoms with Crippen molar-refractivity contribution in [3.05, 3.63) is 59.2 Å². The number of amides is 1. The molecule has 2 rings (SSSR count). The molecule has 2 aromatic carbocycles. The van der Waals surface area contributed by atoms with Crippen molar-refractivity contribution in [3.8, 4) is 0 Å². The first-order chi connectivity index (χ1) is 12.3. The Kier molecular flexibility index (Phi) is 6.56. The van der Waals surface area contributed by atoms with Crippen molar-refractivity contribution in [1.82, 2.24) is 4.31 Å². The summed E-state index contributed by atoms with van der Waals surface area (Å²) in [7, 11) is -3.48. The summed E-state index contributed by atoms with van der Waals surface area (Å²) in [6.45, 7) is 8.52. The van der Waals surface area contributed by atoms with Gasteiger partial charge in [-0.3, -0.25) is 4.79 Å². The van der Waals surface area contributed by atoms with Crippen LogP contribution in [0.5, 0.6) is 0 Å². The highest BCUT2D eigenvalue weighted by Gasteiger charge is 2.21. The maximum atomic E-state index is 12.5. The van der Waals surface area contributed by atoms with Gasteiger partial charge in [-0.25, -0.2) is 8.42 Å². The van der Waals surface area contributed by atoms with Crippen LogP contribution in [0.15, 0.2) is 47.4 Å². The average molecular weight is 375 g/mol. The molecule has 0 radical (unpaired) electrons. The molecule has 2 aromatic rings. The van der Waals surface area contributed by atoms with Crippen molar-refractivity contribution in [3.63, 3.8) is 0 Å². The van der Waals surface area contributed by atoms with E-state index in [1.807, 2.05) is 45.9 Å². The zero-order valence-electron chi connectivity index (χ0n) is 15.7. The summed E-state index contributed by atoms with van der Waals surface area (Å²) in [5.41, 5.74) is 3.88. The fourth-order valence-electron chi connectivity index (χ4n) is 2.73. The van der Waals surface area contributed by atoms with Gasteiger partial charge in [-0.1, -0.05) is 32.0 Å². The summed E-state index contributed by atoms with van der Waals surface area (Å²) >= 11 is 0. The van der Waals surface area contributed by atoms with E-state index in [4.69, 9.17) is 0 Å². The molecule has 0 atom stereocenters. The van der Waals surface area contributed by atoms with Gasteiger partial charge in [0.15, 0.2) is 0 Å². The molecular weight excluding hydrogens is 348 g/mol. The van der Waals surface area contributed by atoms with Crippen LogP contribution >= 0.6 is 0 Å². The molecule has 5 nitrogen and oxygen atoms in total. The SMILES string of the molecule is CCN(CC)S(=O)(=O)c1ccc(NC(=O)Cc2ccc(C)c(C)c2)cc1. The van der Waals surface area contributed by atoms with Gasteiger partial charge >= 0.3 is 0 Å². The van der Waals surface area contributed by atoms with Crippen LogP contribution in [0.1, 0.15) is 30.5 Å². The van der Waals surface area contributed by atoms with E-state index < -0.39 is 10.0 Å². The molecule has 0 aliphatic carbocycles. The Morgan fingerprint density at radius 3 is 2.12 bits per heavy atom. The third-order valence-corrected chi connectivity index (χ3v) is 6.48. The van der Waals surface area contributed by atoms with Gasteiger partial charge in [0, 0.05) is 18.8 Å². The van der Waals surface area contributed by atoms with Crippen LogP contribution < -0.4 is 5.32 Å². The molecule has 0 aromatic heterocycles. The third-order valence-electron chi connectivity index (χ3n) is 4.42. The standard InChI is InChI=1S/C20H26N2O3S/c1-5-22(6-2)26(24,25)19-11-9-18(10-12-19)21-20(23)14-17-8-7-15(3)16(4)13-17/h7-13H,5-6,14H2,1-4H3,(H,21,23). The summed E-state index contributed by atoms with van der Waals surface area (Å²) in [4.78, 5) is 12.5. The highest BCUT2D eigenvalue weighted by atomic mass is 32.2. The van der Waals surface area contributed by atoms with Crippen LogP contribution in [-0.4, -0.2) is 31.7 Å². The number of rotatable bonds is 7. The zero-order valence-corrected chi connectivity index (χ0v) is 16.6. The zero-order chi connectivity index (χ0) is 19.3. The minimum atomic E-state index is -3.48. The van der Waals surface area contributed by atoms with Gasteiger partial charge in [-0.2, -0.15) is 4.31 Å². The van der Waals surface area contributed by atoms with Crippen LogP contribution in [0.3, 0.4) is 0 Å². The van der Waals surface area contributed by atoms with Gasteiger partial charge in [0.05, 0.1) is 11.3 Å². The highest BCUT2D eigenvalue weighted by Crippen LogP contribution is 2.18. The van der Waals surface area contributed by atoms with Crippen molar-refractivity contribution in [2.24, 2.45) is 0 Å². The van der Waals surface area contributed by atoms with Gasteiger partial charge in [-0.05, 0) is 54.8 Å². The van der Waals surface area contributed by atoms with Crippen molar-refractivity contribution in [2.45, 2.75) is 39.0 Å². The molecule has 6 heteroatoms. The number of benzene rings is 2. The number of carbonyl (C=O) groups is 1. The molecule has 0 heterocycles. The topological polar surface area (TPSA) is 66.5 Å². The van der Waals surface area contributed by atoms with E-state index in [0.29, 0.717) is 18.8 Å². The van der Waals surface area contributed by atoms with E-state index in [2.05, 4.69) is 5.32 Å². The maximum absolute atomic E-state index is 12.5. The Labute approximate surface area is 156 Å². The Balaban J connectivity index is 2.06. The first kappa shape index (κ1) is 20.1. The van der Waals surface area contributed by atoms with Crippen molar-refractivity contribution in [2.75, 3.05) is 18.4 Å². The van der Waals surface area contributed by atoms with E-state index in [1.165, 1.54) is 22.0 Å². The van der Waals surface area contributed by atoms with Crippen LogP contribution in [-0.2, 0) is 21.2 Å². The first-order valence-corrected chi connectivity index (χ1v) is 10.2. The summed E-state index contributed by atoms with van der Waals surface area (Å²) in [6, 6.07) is 12.3. The Morgan fingerprint density at radius 2 is 1.58 bits per heavy atom. The minimum absolute atomic E-state index is 0.132. The number of aryl methyl sites for hydroxylation is 2. The molecule has 0 saturated carbocycles. The third kappa shape index (κ3) is 4.71. The second kappa shape index (κ2) is 8.47. The van der Waals surface area contributed by atoms with Gasteiger partial charge in [-0.15, -0.1) is 0 Å². The lowest BCUT2D eigenvalue weighted by atomic mass is 10.0. The van der Waals surface area contributed by atoms with E-state index in [0.717, 1.165) is 11.1 Å². The Hall–Kier alpha value is -2.18. The van der Waals surface area contributed by atoms with E-state index in [-0.39, 0.29) is 17.2 Å². The minimum Gasteiger partial charge on any atom is -0.326 e. The van der Waals surface area contributed by atoms with Crippen LogP contribution in [0.4, 0.5) is 5.69 Å². The second-order valence-corrected chi connectivity index (χ2v) is 8.20. The van der Waals surface area contributed by atoms with E-state index >= 15 is 0 Å². The lowest BCUT2D eigenvalue weighted by molar-refractivity contribution is -0.115. The van der Waals surface area contributed by atoms with Crippen LogP contribution in [0, 0.1) is 13.8 Å². The molecule has 1 N–H and O–H groups in total. The number of hydrogen-bond donors (Lipinski definition) is 1. The lowest BCUT2D eigenvalue weighted by Gasteiger charge is -2.18. The van der Waals surface area contributed by atoms with Gasteiger partial charge < -0.3 is 5.32 Å². The van der Waals surface area contributed by atoms with Gasteiger partial charge in [0.2, 0.25) is 15.9 Å². The van der Waals surface area contributed by atoms with E-state index in [1.54, 1.807) is 12.1 Å². The summed E-state index contributed by atoms with van der Waals surface area (Å²) in [5.74, 6) is -0.132. The highest BCUT2D eigenvalue weighted by molar-refractivity contribution is 7.89. The smallest absolute Gasteiger partial charge is 0.243 e. The number of carbonyl (C=O) groups excluding carboxylic acids is 1. The molecular formula is C20H26N2O3S. The summed E-state index contributed by atoms with van der Waals surface area (Å²) < 4.78 is 26.3. The maximum Gasteiger partial charge on any atom is 0.243 e. The lowest BCUT2D eigenvalue weighted by Crippen LogP contribution is -2.30. The second-order valence-electron chi connectivity index (χ2n) is 6.26. The normalized spacial score (nSPS) is 11.6. The van der Waals surface area contributed by atoms with Crippen molar-refractivity contribution >= 4 is 21.6 Å². The molecule has 0 aliphatic rings. The van der Waals surface area contributed by atoms with E-state index in [9.17, 15) is 13.2 Å². The fraction of sp³-hybridized carbons (Fsp3) is 0.350. The summed E-state index contributed by atoms with van der Waals surface area (Å²) in [6.07, 6.45) is 0.278. The predicted molar refractivity (Wildman–Crippen MR) is 105 cm³/mol. The Morgan fingerprint density at radius 1 is 0.962 bits per heavy atom. The number of hydrogen-bond acceptors (Lipinski definition) is 3. The monoisotopic (exact) mass is 374 g/mol. The molecule has 1 amide bonds.